The van der Waals surface area contributed by atoms with Crippen LogP contribution in [0.3, 0.4) is 0 Å². The van der Waals surface area contributed by atoms with Crippen molar-refractivity contribution in [2.24, 2.45) is 11.8 Å². The van der Waals surface area contributed by atoms with Crippen molar-refractivity contribution in [3.8, 4) is 0 Å². The summed E-state index contributed by atoms with van der Waals surface area (Å²) >= 11 is 0. The molecule has 2 amide bonds. The Morgan fingerprint density at radius 1 is 1.00 bits per heavy atom. The summed E-state index contributed by atoms with van der Waals surface area (Å²) in [5.74, 6) is -0.391. The van der Waals surface area contributed by atoms with Gasteiger partial charge in [0.05, 0.1) is 11.4 Å². The molecule has 0 aromatic heterocycles. The molecule has 0 spiro atoms. The van der Waals surface area contributed by atoms with Crippen LogP contribution in [0.5, 0.6) is 0 Å². The molecule has 0 saturated carbocycles. The summed E-state index contributed by atoms with van der Waals surface area (Å²) in [6.45, 7) is 7.26. The quantitative estimate of drug-likeness (QED) is 0.859. The van der Waals surface area contributed by atoms with Crippen molar-refractivity contribution in [2.45, 2.75) is 27.7 Å². The fraction of sp³-hybridized carbons (Fsp3) is 0.429. The zero-order chi connectivity index (χ0) is 13.7. The number of benzene rings is 1. The first-order valence-corrected chi connectivity index (χ1v) is 6.03. The molecular formula is C14H19N2O2. The summed E-state index contributed by atoms with van der Waals surface area (Å²) in [7, 11) is 0. The van der Waals surface area contributed by atoms with E-state index in [-0.39, 0.29) is 23.7 Å². The monoisotopic (exact) mass is 247 g/mol. The maximum Gasteiger partial charge on any atom is 0.226 e. The van der Waals surface area contributed by atoms with Gasteiger partial charge in [0, 0.05) is 11.8 Å². The van der Waals surface area contributed by atoms with Crippen LogP contribution in [0.2, 0.25) is 0 Å². The van der Waals surface area contributed by atoms with Crippen LogP contribution < -0.4 is 10.6 Å². The van der Waals surface area contributed by atoms with Crippen molar-refractivity contribution in [3.63, 3.8) is 0 Å². The van der Waals surface area contributed by atoms with Crippen LogP contribution in [0.1, 0.15) is 27.7 Å². The molecule has 0 aliphatic rings. The molecule has 1 radical (unpaired) electrons. The lowest BCUT2D eigenvalue weighted by Gasteiger charge is -2.14. The molecule has 1 aromatic carbocycles. The van der Waals surface area contributed by atoms with Gasteiger partial charge in [-0.05, 0) is 18.2 Å². The van der Waals surface area contributed by atoms with E-state index in [1.54, 1.807) is 18.2 Å². The van der Waals surface area contributed by atoms with Gasteiger partial charge in [0.15, 0.2) is 0 Å². The Hall–Kier alpha value is -1.84. The minimum absolute atomic E-state index is 0.0822. The van der Waals surface area contributed by atoms with E-state index in [0.29, 0.717) is 11.4 Å². The highest BCUT2D eigenvalue weighted by atomic mass is 16.2. The van der Waals surface area contributed by atoms with Gasteiger partial charge in [0.1, 0.15) is 0 Å². The zero-order valence-electron chi connectivity index (χ0n) is 11.2. The lowest BCUT2D eigenvalue weighted by Crippen LogP contribution is -2.21. The van der Waals surface area contributed by atoms with Gasteiger partial charge in [-0.2, -0.15) is 0 Å². The van der Waals surface area contributed by atoms with Gasteiger partial charge in [0.2, 0.25) is 11.8 Å². The summed E-state index contributed by atoms with van der Waals surface area (Å²) in [6, 6.07) is 7.95. The second-order valence-corrected chi connectivity index (χ2v) is 4.76. The Bertz CT molecular complexity index is 398. The molecule has 1 rings (SSSR count). The molecule has 0 atom stereocenters. The number of nitrogens with one attached hydrogen (secondary N) is 2. The minimum atomic E-state index is -0.112. The summed E-state index contributed by atoms with van der Waals surface area (Å²) < 4.78 is 0. The molecule has 4 nitrogen and oxygen atoms in total. The number of carbonyl (C=O) groups is 2. The van der Waals surface area contributed by atoms with Gasteiger partial charge in [-0.15, -0.1) is 0 Å². The maximum absolute atomic E-state index is 11.7. The second-order valence-electron chi connectivity index (χ2n) is 4.76. The lowest BCUT2D eigenvalue weighted by atomic mass is 10.1. The van der Waals surface area contributed by atoms with Crippen molar-refractivity contribution in [1.82, 2.24) is 0 Å². The van der Waals surface area contributed by atoms with Crippen LogP contribution in [0.4, 0.5) is 11.4 Å². The third-order valence-electron chi connectivity index (χ3n) is 2.43. The lowest BCUT2D eigenvalue weighted by molar-refractivity contribution is -0.119. The van der Waals surface area contributed by atoms with E-state index in [4.69, 9.17) is 0 Å². The van der Waals surface area contributed by atoms with Crippen LogP contribution in [-0.4, -0.2) is 11.8 Å². The molecule has 0 unspecified atom stereocenters. The highest BCUT2D eigenvalue weighted by Crippen LogP contribution is 2.21. The van der Waals surface area contributed by atoms with Gasteiger partial charge in [-0.1, -0.05) is 33.8 Å². The van der Waals surface area contributed by atoms with Gasteiger partial charge in [-0.3, -0.25) is 9.59 Å². The largest absolute Gasteiger partial charge is 0.324 e. The van der Waals surface area contributed by atoms with E-state index in [2.05, 4.69) is 16.7 Å². The van der Waals surface area contributed by atoms with E-state index in [1.165, 1.54) is 0 Å². The minimum Gasteiger partial charge on any atom is -0.324 e. The van der Waals surface area contributed by atoms with Gasteiger partial charge >= 0.3 is 0 Å². The van der Waals surface area contributed by atoms with Crippen molar-refractivity contribution in [1.29, 1.82) is 0 Å². The third kappa shape index (κ3) is 3.87. The normalized spacial score (nSPS) is 10.6. The average molecular weight is 247 g/mol. The number of carbonyl (C=O) groups excluding carboxylic acids is 2. The van der Waals surface area contributed by atoms with E-state index >= 15 is 0 Å². The maximum atomic E-state index is 11.7. The molecule has 0 fully saturated rings. The van der Waals surface area contributed by atoms with Crippen molar-refractivity contribution >= 4 is 23.2 Å². The molecule has 97 valence electrons. The van der Waals surface area contributed by atoms with E-state index in [1.807, 2.05) is 27.7 Å². The smallest absolute Gasteiger partial charge is 0.226 e. The highest BCUT2D eigenvalue weighted by Gasteiger charge is 2.13. The van der Waals surface area contributed by atoms with Crippen molar-refractivity contribution in [2.75, 3.05) is 10.6 Å². The SMILES string of the molecule is CC(C)C(=O)Nc1c[c]ccc1NC(=O)C(C)C. The average Bonchev–Trinajstić information content (AvgIpc) is 2.31. The van der Waals surface area contributed by atoms with Crippen LogP contribution in [0.15, 0.2) is 18.2 Å². The van der Waals surface area contributed by atoms with Crippen molar-refractivity contribution < 1.29 is 9.59 Å². The number of amides is 2. The number of anilines is 2. The molecule has 0 aliphatic heterocycles. The first kappa shape index (κ1) is 14.2. The Morgan fingerprint density at radius 3 is 2.00 bits per heavy atom. The van der Waals surface area contributed by atoms with Crippen LogP contribution >= 0.6 is 0 Å². The van der Waals surface area contributed by atoms with E-state index in [9.17, 15) is 9.59 Å². The molecular weight excluding hydrogens is 228 g/mol. The number of rotatable bonds is 4. The summed E-state index contributed by atoms with van der Waals surface area (Å²) in [4.78, 5) is 23.3. The Labute approximate surface area is 108 Å². The Balaban J connectivity index is 2.86. The molecule has 0 heterocycles. The summed E-state index contributed by atoms with van der Waals surface area (Å²) in [5.41, 5.74) is 1.17. The van der Waals surface area contributed by atoms with Gasteiger partial charge < -0.3 is 10.6 Å². The summed E-state index contributed by atoms with van der Waals surface area (Å²) in [5, 5.41) is 5.55. The molecule has 18 heavy (non-hydrogen) atoms. The van der Waals surface area contributed by atoms with Crippen molar-refractivity contribution in [3.05, 3.63) is 24.3 Å². The number of hydrogen-bond acceptors (Lipinski definition) is 2. The van der Waals surface area contributed by atoms with Crippen LogP contribution in [0, 0.1) is 17.9 Å². The van der Waals surface area contributed by atoms with E-state index < -0.39 is 0 Å². The fourth-order valence-electron chi connectivity index (χ4n) is 1.20. The first-order valence-electron chi connectivity index (χ1n) is 6.03. The van der Waals surface area contributed by atoms with Crippen LogP contribution in [-0.2, 0) is 9.59 Å². The molecule has 1 aromatic rings. The second kappa shape index (κ2) is 6.19. The predicted molar refractivity (Wildman–Crippen MR) is 72.2 cm³/mol. The summed E-state index contributed by atoms with van der Waals surface area (Å²) in [6.07, 6.45) is 0. The highest BCUT2D eigenvalue weighted by molar-refractivity contribution is 6.00. The Morgan fingerprint density at radius 2 is 1.50 bits per heavy atom. The molecule has 0 aliphatic carbocycles. The third-order valence-corrected chi connectivity index (χ3v) is 2.43. The Kier molecular flexibility index (Phi) is 4.89. The number of hydrogen-bond donors (Lipinski definition) is 2. The first-order chi connectivity index (χ1) is 8.41. The zero-order valence-corrected chi connectivity index (χ0v) is 11.2. The van der Waals surface area contributed by atoms with Gasteiger partial charge in [-0.25, -0.2) is 0 Å². The molecule has 4 heteroatoms. The predicted octanol–water partition coefficient (Wildman–Crippen LogP) is 2.68. The standard InChI is InChI=1S/C14H19N2O2/c1-9(2)13(17)15-11-7-5-6-8-12(11)16-14(18)10(3)4/h5,7-10H,1-4H3,(H,15,17)(H,16,18). The topological polar surface area (TPSA) is 58.2 Å². The fourth-order valence-corrected chi connectivity index (χ4v) is 1.20. The van der Waals surface area contributed by atoms with E-state index in [0.717, 1.165) is 0 Å². The van der Waals surface area contributed by atoms with Crippen LogP contribution in [0.25, 0.3) is 0 Å². The molecule has 2 N–H and O–H groups in total. The van der Waals surface area contributed by atoms with Gasteiger partial charge in [0.25, 0.3) is 0 Å². The molecule has 0 saturated heterocycles. The molecule has 0 bridgehead atoms.